The van der Waals surface area contributed by atoms with Gasteiger partial charge in [0.15, 0.2) is 32.2 Å². The van der Waals surface area contributed by atoms with Crippen molar-refractivity contribution in [2.45, 2.75) is 5.03 Å². The fourth-order valence-corrected chi connectivity index (χ4v) is 3.55. The Morgan fingerprint density at radius 1 is 0.926 bits per heavy atom. The largest absolute Gasteiger partial charge is 0.399 e. The van der Waals surface area contributed by atoms with Crippen LogP contribution in [0.4, 0.5) is 5.69 Å². The van der Waals surface area contributed by atoms with E-state index in [9.17, 15) is 8.42 Å². The van der Waals surface area contributed by atoms with Gasteiger partial charge >= 0.3 is 0 Å². The van der Waals surface area contributed by atoms with Crippen LogP contribution in [0.2, 0.25) is 0 Å². The summed E-state index contributed by atoms with van der Waals surface area (Å²) in [5.41, 5.74) is 8.02. The van der Waals surface area contributed by atoms with Crippen LogP contribution in [0.5, 0.6) is 0 Å². The SMILES string of the molecule is CS(=O)(=O)c1nc(-c2cccc(N)c2)nc2c1nc(-c1ccccc1)n2N. The van der Waals surface area contributed by atoms with Crippen molar-refractivity contribution in [3.63, 3.8) is 0 Å². The highest BCUT2D eigenvalue weighted by molar-refractivity contribution is 7.90. The van der Waals surface area contributed by atoms with Crippen LogP contribution >= 0.6 is 0 Å². The number of hydrogen-bond acceptors (Lipinski definition) is 7. The van der Waals surface area contributed by atoms with Gasteiger partial charge < -0.3 is 11.6 Å². The zero-order valence-corrected chi connectivity index (χ0v) is 15.2. The maximum absolute atomic E-state index is 12.3. The molecule has 0 fully saturated rings. The second-order valence-corrected chi connectivity index (χ2v) is 8.02. The van der Waals surface area contributed by atoms with Gasteiger partial charge in [0.2, 0.25) is 0 Å². The molecule has 0 saturated heterocycles. The first kappa shape index (κ1) is 17.0. The normalized spacial score (nSPS) is 11.7. The number of imidazole rings is 1. The molecule has 0 radical (unpaired) electrons. The Labute approximate surface area is 155 Å². The van der Waals surface area contributed by atoms with Crippen molar-refractivity contribution >= 4 is 26.7 Å². The lowest BCUT2D eigenvalue weighted by Gasteiger charge is -2.06. The molecule has 136 valence electrons. The molecular weight excluding hydrogens is 364 g/mol. The van der Waals surface area contributed by atoms with Gasteiger partial charge in [0, 0.05) is 23.1 Å². The molecule has 8 nitrogen and oxygen atoms in total. The van der Waals surface area contributed by atoms with Gasteiger partial charge in [-0.3, -0.25) is 0 Å². The number of nitrogens with zero attached hydrogens (tertiary/aromatic N) is 4. The Hall–Kier alpha value is -3.46. The highest BCUT2D eigenvalue weighted by Crippen LogP contribution is 2.28. The van der Waals surface area contributed by atoms with Crippen molar-refractivity contribution < 1.29 is 8.42 Å². The smallest absolute Gasteiger partial charge is 0.195 e. The lowest BCUT2D eigenvalue weighted by atomic mass is 10.2. The highest BCUT2D eigenvalue weighted by atomic mass is 32.2. The second-order valence-electron chi connectivity index (χ2n) is 6.09. The molecule has 2 heterocycles. The molecule has 4 rings (SSSR count). The Bertz CT molecular complexity index is 1270. The van der Waals surface area contributed by atoms with E-state index >= 15 is 0 Å². The summed E-state index contributed by atoms with van der Waals surface area (Å²) in [6.07, 6.45) is 1.08. The first-order chi connectivity index (χ1) is 12.8. The van der Waals surface area contributed by atoms with Gasteiger partial charge in [0.05, 0.1) is 0 Å². The molecule has 0 atom stereocenters. The van der Waals surface area contributed by atoms with Crippen LogP contribution in [0.25, 0.3) is 33.9 Å². The molecule has 0 bridgehead atoms. The van der Waals surface area contributed by atoms with Crippen LogP contribution in [0, 0.1) is 0 Å². The minimum atomic E-state index is -3.67. The zero-order chi connectivity index (χ0) is 19.2. The number of rotatable bonds is 3. The fraction of sp³-hybridized carbons (Fsp3) is 0.0556. The van der Waals surface area contributed by atoms with Crippen LogP contribution in [0.15, 0.2) is 59.6 Å². The number of hydrogen-bond donors (Lipinski definition) is 2. The van der Waals surface area contributed by atoms with Crippen LogP contribution in [-0.2, 0) is 9.84 Å². The second kappa shape index (κ2) is 6.06. The summed E-state index contributed by atoms with van der Waals surface area (Å²) in [5, 5.41) is -0.175. The first-order valence-corrected chi connectivity index (χ1v) is 9.90. The van der Waals surface area contributed by atoms with Crippen LogP contribution in [-0.4, -0.2) is 34.3 Å². The monoisotopic (exact) mass is 380 g/mol. The van der Waals surface area contributed by atoms with Gasteiger partial charge in [0.1, 0.15) is 5.52 Å². The summed E-state index contributed by atoms with van der Waals surface area (Å²) < 4.78 is 26.0. The van der Waals surface area contributed by atoms with Crippen molar-refractivity contribution in [1.82, 2.24) is 19.6 Å². The van der Waals surface area contributed by atoms with Crippen LogP contribution < -0.4 is 11.6 Å². The molecule has 0 unspecified atom stereocenters. The maximum atomic E-state index is 12.3. The lowest BCUT2D eigenvalue weighted by molar-refractivity contribution is 0.599. The van der Waals surface area contributed by atoms with E-state index in [0.717, 1.165) is 11.8 Å². The number of sulfone groups is 1. The van der Waals surface area contributed by atoms with E-state index < -0.39 is 9.84 Å². The third-order valence-corrected chi connectivity index (χ3v) is 5.02. The quantitative estimate of drug-likeness (QED) is 0.315. The molecule has 2 aromatic heterocycles. The molecule has 4 N–H and O–H groups in total. The molecular formula is C18H16N6O2S. The number of anilines is 1. The summed E-state index contributed by atoms with van der Waals surface area (Å²) in [5.74, 6) is 6.81. The summed E-state index contributed by atoms with van der Waals surface area (Å²) in [4.78, 5) is 13.1. The number of nitrogen functional groups attached to an aromatic ring is 2. The minimum absolute atomic E-state index is 0.131. The van der Waals surface area contributed by atoms with Crippen molar-refractivity contribution in [3.8, 4) is 22.8 Å². The summed E-state index contributed by atoms with van der Waals surface area (Å²) >= 11 is 0. The van der Waals surface area contributed by atoms with Gasteiger partial charge in [-0.1, -0.05) is 42.5 Å². The fourth-order valence-electron chi connectivity index (χ4n) is 2.81. The van der Waals surface area contributed by atoms with E-state index in [1.165, 1.54) is 4.68 Å². The molecule has 0 aliphatic heterocycles. The van der Waals surface area contributed by atoms with Gasteiger partial charge in [-0.2, -0.15) is 0 Å². The maximum Gasteiger partial charge on any atom is 0.195 e. The number of nitrogens with two attached hydrogens (primary N) is 2. The van der Waals surface area contributed by atoms with Crippen molar-refractivity contribution in [1.29, 1.82) is 0 Å². The van der Waals surface area contributed by atoms with E-state index in [1.807, 2.05) is 30.3 Å². The van der Waals surface area contributed by atoms with Crippen molar-refractivity contribution in [2.75, 3.05) is 17.8 Å². The molecule has 2 aromatic carbocycles. The van der Waals surface area contributed by atoms with E-state index in [4.69, 9.17) is 11.6 Å². The molecule has 0 aliphatic carbocycles. The third-order valence-electron chi connectivity index (χ3n) is 4.04. The molecule has 0 aliphatic rings. The van der Waals surface area contributed by atoms with Gasteiger partial charge in [-0.05, 0) is 12.1 Å². The Morgan fingerprint density at radius 3 is 2.30 bits per heavy atom. The predicted octanol–water partition coefficient (Wildman–Crippen LogP) is 1.86. The minimum Gasteiger partial charge on any atom is -0.399 e. The topological polar surface area (TPSA) is 130 Å². The number of aromatic nitrogens is 4. The first-order valence-electron chi connectivity index (χ1n) is 8.01. The highest BCUT2D eigenvalue weighted by Gasteiger charge is 2.23. The number of benzene rings is 2. The Balaban J connectivity index is 2.06. The molecule has 9 heteroatoms. The number of fused-ring (bicyclic) bond motifs is 1. The Morgan fingerprint density at radius 2 is 1.63 bits per heavy atom. The van der Waals surface area contributed by atoms with Gasteiger partial charge in [-0.25, -0.2) is 28.0 Å². The average Bonchev–Trinajstić information content (AvgIpc) is 2.98. The van der Waals surface area contributed by atoms with Crippen LogP contribution in [0.1, 0.15) is 0 Å². The lowest BCUT2D eigenvalue weighted by Crippen LogP contribution is -2.12. The molecule has 0 saturated carbocycles. The van der Waals surface area contributed by atoms with E-state index in [2.05, 4.69) is 15.0 Å². The van der Waals surface area contributed by atoms with Crippen molar-refractivity contribution in [3.05, 3.63) is 54.6 Å². The summed E-state index contributed by atoms with van der Waals surface area (Å²) in [7, 11) is -3.67. The average molecular weight is 380 g/mol. The third kappa shape index (κ3) is 2.97. The molecule has 4 aromatic rings. The summed E-state index contributed by atoms with van der Waals surface area (Å²) in [6, 6.07) is 16.1. The standard InChI is InChI=1S/C18H16N6O2S/c1-27(25,26)18-14-17(22-15(23-18)12-8-5-9-13(19)10-12)24(20)16(21-14)11-6-3-2-4-7-11/h2-10H,19-20H2,1H3. The van der Waals surface area contributed by atoms with E-state index in [1.54, 1.807) is 24.3 Å². The zero-order valence-electron chi connectivity index (χ0n) is 14.4. The van der Waals surface area contributed by atoms with Crippen molar-refractivity contribution in [2.24, 2.45) is 0 Å². The summed E-state index contributed by atoms with van der Waals surface area (Å²) in [6.45, 7) is 0. The predicted molar refractivity (Wildman–Crippen MR) is 104 cm³/mol. The van der Waals surface area contributed by atoms with Gasteiger partial charge in [-0.15, -0.1) is 0 Å². The van der Waals surface area contributed by atoms with E-state index in [-0.39, 0.29) is 22.0 Å². The van der Waals surface area contributed by atoms with Gasteiger partial charge in [0.25, 0.3) is 0 Å². The molecule has 0 amide bonds. The molecule has 0 spiro atoms. The van der Waals surface area contributed by atoms with Crippen LogP contribution in [0.3, 0.4) is 0 Å². The van der Waals surface area contributed by atoms with E-state index in [0.29, 0.717) is 17.1 Å². The Kier molecular flexibility index (Phi) is 3.81. The molecule has 27 heavy (non-hydrogen) atoms.